The third-order valence-electron chi connectivity index (χ3n) is 4.43. The number of ether oxygens (including phenoxy) is 2. The molecule has 0 saturated carbocycles. The van der Waals surface area contributed by atoms with Crippen LogP contribution in [0, 0.1) is 0 Å². The smallest absolute Gasteiger partial charge is 0.255 e. The number of anilines is 1. The summed E-state index contributed by atoms with van der Waals surface area (Å²) in [6.45, 7) is 8.05. The standard InChI is InChI=1S/C21H29N3O3.2ClH/c1-4-24(5-2)12-13-27-20-14-18(10-11-19(20)26-3)23-21(25)17-8-6-16(15-22)7-9-17;;/h6-11,14H,4-5,12-13,15,22H2,1-3H3,(H,23,25);2*1H. The number of halogens is 2. The molecule has 0 spiro atoms. The molecule has 2 aromatic carbocycles. The highest BCUT2D eigenvalue weighted by molar-refractivity contribution is 6.04. The lowest BCUT2D eigenvalue weighted by Crippen LogP contribution is -2.28. The molecule has 0 aliphatic rings. The van der Waals surface area contributed by atoms with E-state index in [2.05, 4.69) is 24.1 Å². The minimum absolute atomic E-state index is 0. The first kappa shape index (κ1) is 27.0. The second kappa shape index (κ2) is 14.1. The molecule has 162 valence electrons. The number of likely N-dealkylation sites (N-methyl/N-ethyl adjacent to an activating group) is 1. The molecule has 0 aliphatic heterocycles. The summed E-state index contributed by atoms with van der Waals surface area (Å²) in [5, 5.41) is 2.89. The molecular formula is C21H31Cl2N3O3. The van der Waals surface area contributed by atoms with Crippen molar-refractivity contribution in [3.63, 3.8) is 0 Å². The number of carbonyl (C=O) groups is 1. The maximum Gasteiger partial charge on any atom is 0.255 e. The van der Waals surface area contributed by atoms with Gasteiger partial charge in [0.25, 0.3) is 5.91 Å². The lowest BCUT2D eigenvalue weighted by atomic mass is 10.1. The number of rotatable bonds is 10. The molecule has 3 N–H and O–H groups in total. The van der Waals surface area contributed by atoms with Crippen molar-refractivity contribution in [2.24, 2.45) is 5.73 Å². The van der Waals surface area contributed by atoms with Gasteiger partial charge in [0, 0.05) is 30.4 Å². The van der Waals surface area contributed by atoms with E-state index >= 15 is 0 Å². The molecule has 0 aromatic heterocycles. The maximum atomic E-state index is 12.4. The van der Waals surface area contributed by atoms with Crippen molar-refractivity contribution in [2.45, 2.75) is 20.4 Å². The Morgan fingerprint density at radius 2 is 1.69 bits per heavy atom. The number of nitrogens with one attached hydrogen (secondary N) is 1. The van der Waals surface area contributed by atoms with Crippen LogP contribution in [0.2, 0.25) is 0 Å². The molecule has 29 heavy (non-hydrogen) atoms. The first-order chi connectivity index (χ1) is 13.1. The fraction of sp³-hybridized carbons (Fsp3) is 0.381. The van der Waals surface area contributed by atoms with Crippen LogP contribution < -0.4 is 20.5 Å². The first-order valence-corrected chi connectivity index (χ1v) is 9.24. The summed E-state index contributed by atoms with van der Waals surface area (Å²) in [4.78, 5) is 14.7. The Balaban J connectivity index is 0.00000392. The van der Waals surface area contributed by atoms with Gasteiger partial charge in [0.1, 0.15) is 6.61 Å². The van der Waals surface area contributed by atoms with Gasteiger partial charge in [0.05, 0.1) is 7.11 Å². The Bertz CT molecular complexity index is 738. The van der Waals surface area contributed by atoms with Crippen molar-refractivity contribution in [3.05, 3.63) is 53.6 Å². The van der Waals surface area contributed by atoms with E-state index in [0.717, 1.165) is 25.2 Å². The van der Waals surface area contributed by atoms with E-state index in [1.54, 1.807) is 37.4 Å². The van der Waals surface area contributed by atoms with Crippen molar-refractivity contribution >= 4 is 36.4 Å². The quantitative estimate of drug-likeness (QED) is 0.580. The molecule has 0 aliphatic carbocycles. The predicted molar refractivity (Wildman–Crippen MR) is 123 cm³/mol. The molecular weight excluding hydrogens is 413 g/mol. The van der Waals surface area contributed by atoms with Crippen LogP contribution in [0.1, 0.15) is 29.8 Å². The fourth-order valence-corrected chi connectivity index (χ4v) is 2.69. The number of benzene rings is 2. The van der Waals surface area contributed by atoms with Crippen molar-refractivity contribution < 1.29 is 14.3 Å². The highest BCUT2D eigenvalue weighted by Crippen LogP contribution is 2.30. The Morgan fingerprint density at radius 1 is 1.03 bits per heavy atom. The summed E-state index contributed by atoms with van der Waals surface area (Å²) in [5.41, 5.74) is 7.81. The second-order valence-electron chi connectivity index (χ2n) is 6.10. The maximum absolute atomic E-state index is 12.4. The summed E-state index contributed by atoms with van der Waals surface area (Å²) in [6, 6.07) is 12.6. The average molecular weight is 444 g/mol. The molecule has 1 amide bonds. The lowest BCUT2D eigenvalue weighted by Gasteiger charge is -2.19. The highest BCUT2D eigenvalue weighted by atomic mass is 35.5. The summed E-state index contributed by atoms with van der Waals surface area (Å²) >= 11 is 0. The number of hydrogen-bond donors (Lipinski definition) is 2. The number of hydrogen-bond acceptors (Lipinski definition) is 5. The molecule has 0 bridgehead atoms. The van der Waals surface area contributed by atoms with Gasteiger partial charge < -0.3 is 25.4 Å². The van der Waals surface area contributed by atoms with E-state index in [9.17, 15) is 4.79 Å². The van der Waals surface area contributed by atoms with E-state index in [1.165, 1.54) is 0 Å². The van der Waals surface area contributed by atoms with E-state index in [0.29, 0.717) is 35.9 Å². The van der Waals surface area contributed by atoms with Crippen LogP contribution in [-0.2, 0) is 6.54 Å². The monoisotopic (exact) mass is 443 g/mol. The zero-order valence-electron chi connectivity index (χ0n) is 17.1. The van der Waals surface area contributed by atoms with Crippen LogP contribution in [0.5, 0.6) is 11.5 Å². The molecule has 0 heterocycles. The molecule has 2 aromatic rings. The zero-order chi connectivity index (χ0) is 19.6. The van der Waals surface area contributed by atoms with Gasteiger partial charge in [-0.15, -0.1) is 24.8 Å². The van der Waals surface area contributed by atoms with Gasteiger partial charge in [-0.2, -0.15) is 0 Å². The molecule has 0 radical (unpaired) electrons. The van der Waals surface area contributed by atoms with Gasteiger partial charge in [-0.05, 0) is 42.9 Å². The number of nitrogens with two attached hydrogens (primary N) is 1. The predicted octanol–water partition coefficient (Wildman–Crippen LogP) is 3.97. The summed E-state index contributed by atoms with van der Waals surface area (Å²) in [7, 11) is 1.60. The van der Waals surface area contributed by atoms with Gasteiger partial charge in [-0.3, -0.25) is 4.79 Å². The lowest BCUT2D eigenvalue weighted by molar-refractivity contribution is 0.102. The van der Waals surface area contributed by atoms with Crippen LogP contribution in [0.3, 0.4) is 0 Å². The molecule has 2 rings (SSSR count). The van der Waals surface area contributed by atoms with Crippen LogP contribution in [-0.4, -0.2) is 44.2 Å². The van der Waals surface area contributed by atoms with Crippen LogP contribution >= 0.6 is 24.8 Å². The first-order valence-electron chi connectivity index (χ1n) is 9.24. The number of nitrogens with zero attached hydrogens (tertiary/aromatic N) is 1. The van der Waals surface area contributed by atoms with E-state index in [1.807, 2.05) is 12.1 Å². The normalized spacial score (nSPS) is 9.97. The Morgan fingerprint density at radius 3 is 2.24 bits per heavy atom. The van der Waals surface area contributed by atoms with Gasteiger partial charge in [-0.25, -0.2) is 0 Å². The molecule has 0 unspecified atom stereocenters. The molecule has 6 nitrogen and oxygen atoms in total. The van der Waals surface area contributed by atoms with Gasteiger partial charge in [0.2, 0.25) is 0 Å². The third-order valence-corrected chi connectivity index (χ3v) is 4.43. The van der Waals surface area contributed by atoms with E-state index < -0.39 is 0 Å². The van der Waals surface area contributed by atoms with E-state index in [-0.39, 0.29) is 30.7 Å². The molecule has 0 fully saturated rings. The summed E-state index contributed by atoms with van der Waals surface area (Å²) < 4.78 is 11.3. The van der Waals surface area contributed by atoms with Gasteiger partial charge in [0.15, 0.2) is 11.5 Å². The van der Waals surface area contributed by atoms with E-state index in [4.69, 9.17) is 15.2 Å². The average Bonchev–Trinajstić information content (AvgIpc) is 2.71. The summed E-state index contributed by atoms with van der Waals surface area (Å²) in [6.07, 6.45) is 0. The SMILES string of the molecule is CCN(CC)CCOc1cc(NC(=O)c2ccc(CN)cc2)ccc1OC.Cl.Cl. The zero-order valence-corrected chi connectivity index (χ0v) is 18.8. The largest absolute Gasteiger partial charge is 0.493 e. The number of methoxy groups -OCH3 is 1. The molecule has 0 atom stereocenters. The Kier molecular flexibility index (Phi) is 13.1. The van der Waals surface area contributed by atoms with Crippen LogP contribution in [0.25, 0.3) is 0 Å². The van der Waals surface area contributed by atoms with Crippen LogP contribution in [0.15, 0.2) is 42.5 Å². The summed E-state index contributed by atoms with van der Waals surface area (Å²) in [5.74, 6) is 1.07. The van der Waals surface area contributed by atoms with Crippen molar-refractivity contribution in [2.75, 3.05) is 38.7 Å². The minimum atomic E-state index is -0.183. The molecule has 0 saturated heterocycles. The van der Waals surface area contributed by atoms with Crippen LogP contribution in [0.4, 0.5) is 5.69 Å². The highest BCUT2D eigenvalue weighted by Gasteiger charge is 2.10. The van der Waals surface area contributed by atoms with Gasteiger partial charge in [-0.1, -0.05) is 26.0 Å². The Labute approximate surface area is 185 Å². The van der Waals surface area contributed by atoms with Crippen molar-refractivity contribution in [1.82, 2.24) is 4.90 Å². The number of carbonyl (C=O) groups excluding carboxylic acids is 1. The minimum Gasteiger partial charge on any atom is -0.493 e. The molecule has 8 heteroatoms. The fourth-order valence-electron chi connectivity index (χ4n) is 2.69. The second-order valence-corrected chi connectivity index (χ2v) is 6.10. The third kappa shape index (κ3) is 8.11. The van der Waals surface area contributed by atoms with Gasteiger partial charge >= 0.3 is 0 Å². The Hall–Kier alpha value is -1.99. The topological polar surface area (TPSA) is 76.8 Å². The van der Waals surface area contributed by atoms with Crippen molar-refractivity contribution in [3.8, 4) is 11.5 Å². The number of amides is 1. The van der Waals surface area contributed by atoms with Crippen molar-refractivity contribution in [1.29, 1.82) is 0 Å².